The van der Waals surface area contributed by atoms with Gasteiger partial charge in [-0.15, -0.1) is 0 Å². The summed E-state index contributed by atoms with van der Waals surface area (Å²) in [4.78, 5) is 18.7. The van der Waals surface area contributed by atoms with E-state index in [2.05, 4.69) is 23.7 Å². The highest BCUT2D eigenvalue weighted by atomic mass is 19.1. The number of ether oxygens (including phenoxy) is 4. The van der Waals surface area contributed by atoms with Crippen LogP contribution in [0.2, 0.25) is 0 Å². The molecule has 8 rings (SSSR count). The molecule has 53 heavy (non-hydrogen) atoms. The Kier molecular flexibility index (Phi) is 9.57. The lowest BCUT2D eigenvalue weighted by molar-refractivity contribution is -0.0967. The van der Waals surface area contributed by atoms with Crippen LogP contribution in [0.3, 0.4) is 0 Å². The molecule has 2 aromatic carbocycles. The second-order valence-corrected chi connectivity index (χ2v) is 15.9. The number of aromatic hydroxyl groups is 1. The van der Waals surface area contributed by atoms with E-state index < -0.39 is 17.2 Å². The Morgan fingerprint density at radius 1 is 1.02 bits per heavy atom. The number of piperidine rings is 1. The zero-order valence-electron chi connectivity index (χ0n) is 30.9. The lowest BCUT2D eigenvalue weighted by Crippen LogP contribution is -2.57. The number of rotatable bonds is 7. The van der Waals surface area contributed by atoms with Crippen LogP contribution in [0.4, 0.5) is 14.6 Å². The fourth-order valence-corrected chi connectivity index (χ4v) is 9.69. The van der Waals surface area contributed by atoms with Crippen molar-refractivity contribution in [2.45, 2.75) is 95.6 Å². The zero-order valence-corrected chi connectivity index (χ0v) is 30.9. The topological polar surface area (TPSA) is 123 Å². The molecule has 1 saturated carbocycles. The second-order valence-electron chi connectivity index (χ2n) is 15.9. The molecule has 5 atom stereocenters. The molecule has 2 aromatic heterocycles. The van der Waals surface area contributed by atoms with Gasteiger partial charge in [-0.2, -0.15) is 9.97 Å². The van der Waals surface area contributed by atoms with Crippen molar-refractivity contribution in [3.63, 3.8) is 0 Å². The largest absolute Gasteiger partial charge is 0.508 e. The molecular formula is C40H49F2N5O6. The highest BCUT2D eigenvalue weighted by Gasteiger charge is 2.51. The molecule has 0 amide bonds. The van der Waals surface area contributed by atoms with Crippen molar-refractivity contribution < 1.29 is 37.9 Å². The minimum atomic E-state index is -1.23. The number of pyridine rings is 1. The van der Waals surface area contributed by atoms with Crippen molar-refractivity contribution in [1.29, 1.82) is 0 Å². The van der Waals surface area contributed by atoms with Crippen LogP contribution in [0.25, 0.3) is 32.9 Å². The smallest absolute Gasteiger partial charge is 0.319 e. The average Bonchev–Trinajstić information content (AvgIpc) is 3.47. The van der Waals surface area contributed by atoms with Gasteiger partial charge in [0.1, 0.15) is 39.6 Å². The van der Waals surface area contributed by atoms with Gasteiger partial charge < -0.3 is 34.1 Å². The molecule has 3 aliphatic heterocycles. The van der Waals surface area contributed by atoms with Crippen molar-refractivity contribution in [3.8, 4) is 28.9 Å². The van der Waals surface area contributed by atoms with Gasteiger partial charge in [-0.25, -0.2) is 13.8 Å². The zero-order chi connectivity index (χ0) is 37.1. The Labute approximate surface area is 308 Å². The van der Waals surface area contributed by atoms with Gasteiger partial charge in [0.25, 0.3) is 0 Å². The Morgan fingerprint density at radius 2 is 1.81 bits per heavy atom. The molecular weight excluding hydrogens is 684 g/mol. The van der Waals surface area contributed by atoms with Crippen LogP contribution in [0.15, 0.2) is 30.3 Å². The maximum Gasteiger partial charge on any atom is 0.319 e. The number of aliphatic hydroxyl groups is 1. The predicted octanol–water partition coefficient (Wildman–Crippen LogP) is 6.39. The van der Waals surface area contributed by atoms with Crippen molar-refractivity contribution in [3.05, 3.63) is 42.0 Å². The van der Waals surface area contributed by atoms with Crippen LogP contribution in [0.5, 0.6) is 17.6 Å². The fourth-order valence-electron chi connectivity index (χ4n) is 9.69. The first-order chi connectivity index (χ1) is 25.4. The third-order valence-corrected chi connectivity index (χ3v) is 11.8. The minimum Gasteiger partial charge on any atom is -0.508 e. The van der Waals surface area contributed by atoms with Crippen LogP contribution >= 0.6 is 0 Å². The van der Waals surface area contributed by atoms with Crippen molar-refractivity contribution in [2.75, 3.05) is 51.5 Å². The normalized spacial score (nSPS) is 29.7. The molecule has 3 saturated heterocycles. The number of aromatic nitrogens is 3. The summed E-state index contributed by atoms with van der Waals surface area (Å²) in [6.07, 6.45) is 7.72. The van der Waals surface area contributed by atoms with Gasteiger partial charge in [0.15, 0.2) is 5.82 Å². The molecule has 4 aromatic rings. The first-order valence-electron chi connectivity index (χ1n) is 18.9. The summed E-state index contributed by atoms with van der Waals surface area (Å²) in [7, 11) is 1.41. The third kappa shape index (κ3) is 6.74. The number of likely N-dealkylation sites (tertiary alicyclic amines) is 1. The van der Waals surface area contributed by atoms with Crippen LogP contribution in [-0.4, -0.2) is 107 Å². The number of benzene rings is 2. The van der Waals surface area contributed by atoms with Crippen LogP contribution in [0.1, 0.15) is 65.7 Å². The Hall–Kier alpha value is -3.91. The van der Waals surface area contributed by atoms with Gasteiger partial charge in [0, 0.05) is 35.0 Å². The van der Waals surface area contributed by atoms with E-state index in [4.69, 9.17) is 28.9 Å². The van der Waals surface area contributed by atoms with Crippen LogP contribution in [0, 0.1) is 17.0 Å². The van der Waals surface area contributed by atoms with Gasteiger partial charge in [-0.05, 0) is 89.4 Å². The molecule has 1 aliphatic carbocycles. The molecule has 5 heterocycles. The molecule has 0 spiro atoms. The summed E-state index contributed by atoms with van der Waals surface area (Å²) in [6.45, 7) is 8.32. The van der Waals surface area contributed by atoms with Crippen molar-refractivity contribution in [2.24, 2.45) is 5.41 Å². The molecule has 13 heteroatoms. The van der Waals surface area contributed by atoms with E-state index in [-0.39, 0.29) is 81.8 Å². The number of β-amino-alcohol motifs (C(OH)–C–C–N with tert-alkyl or cyclic N) is 1. The summed E-state index contributed by atoms with van der Waals surface area (Å²) < 4.78 is 56.7. The maximum absolute atomic E-state index is 17.2. The molecule has 4 aliphatic rings. The van der Waals surface area contributed by atoms with Crippen LogP contribution < -0.4 is 14.4 Å². The number of nitrogens with zero attached hydrogens (tertiary/aromatic N) is 5. The predicted molar refractivity (Wildman–Crippen MR) is 197 cm³/mol. The number of hydrogen-bond acceptors (Lipinski definition) is 11. The molecule has 4 fully saturated rings. The highest BCUT2D eigenvalue weighted by molar-refractivity contribution is 6.02. The fraction of sp³-hybridized carbons (Fsp3) is 0.575. The monoisotopic (exact) mass is 733 g/mol. The summed E-state index contributed by atoms with van der Waals surface area (Å²) in [5.74, 6) is -1.31. The first-order valence-corrected chi connectivity index (χ1v) is 18.9. The molecule has 11 nitrogen and oxygen atoms in total. The van der Waals surface area contributed by atoms with Crippen LogP contribution in [-0.2, 0) is 9.47 Å². The number of phenolic OH excluding ortho intramolecular Hbond substituents is 1. The van der Waals surface area contributed by atoms with Gasteiger partial charge >= 0.3 is 6.01 Å². The number of halogens is 2. The van der Waals surface area contributed by atoms with Gasteiger partial charge in [-0.1, -0.05) is 18.6 Å². The summed E-state index contributed by atoms with van der Waals surface area (Å²) in [5, 5.41) is 22.5. The molecule has 284 valence electrons. The molecule has 0 radical (unpaired) electrons. The third-order valence-electron chi connectivity index (χ3n) is 11.8. The minimum absolute atomic E-state index is 0.00665. The van der Waals surface area contributed by atoms with E-state index in [1.807, 2.05) is 4.90 Å². The lowest BCUT2D eigenvalue weighted by Gasteiger charge is -2.51. The SMILES string of the molecule is COc1nc(-c2cc(O)cc3cccc(F)c23)c(F)c2nc(OCC34CCCC3N(C3CC(C)OC(C)C3)CCC4)nc(N3CCOCC(C)(O)C3)c12. The number of fused-ring (bicyclic) bond motifs is 3. The Morgan fingerprint density at radius 3 is 2.60 bits per heavy atom. The summed E-state index contributed by atoms with van der Waals surface area (Å²) in [5.41, 5.74) is -1.65. The quantitative estimate of drug-likeness (QED) is 0.220. The molecule has 5 unspecified atom stereocenters. The van der Waals surface area contributed by atoms with E-state index in [0.29, 0.717) is 37.2 Å². The molecule has 2 N–H and O–H groups in total. The van der Waals surface area contributed by atoms with E-state index in [1.54, 1.807) is 13.0 Å². The number of methoxy groups -OCH3 is 1. The van der Waals surface area contributed by atoms with Gasteiger partial charge in [0.05, 0.1) is 45.7 Å². The maximum atomic E-state index is 17.2. The standard InChI is InChI=1S/C40H49F2N5O6/c1-23-16-26(17-24(2)53-23)47-13-7-12-40(11-6-10-30(40)47)22-52-38-44-35-32(36(45-38)46-14-15-51-21-39(3,49)20-46)37(50-4)43-34(33(35)42)28-19-27(48)18-25-8-5-9-29(41)31(25)28/h5,8-9,18-19,23-24,26,30,48-49H,6-7,10-17,20-22H2,1-4H3. The lowest BCUT2D eigenvalue weighted by atomic mass is 9.74. The van der Waals surface area contributed by atoms with E-state index in [1.165, 1.54) is 31.4 Å². The van der Waals surface area contributed by atoms with Gasteiger partial charge in [-0.3, -0.25) is 4.90 Å². The number of anilines is 1. The number of hydrogen-bond donors (Lipinski definition) is 2. The number of phenols is 1. The van der Waals surface area contributed by atoms with Gasteiger partial charge in [0.2, 0.25) is 5.88 Å². The average molecular weight is 734 g/mol. The Balaban J connectivity index is 1.23. The highest BCUT2D eigenvalue weighted by Crippen LogP contribution is 2.50. The Bertz CT molecular complexity index is 2010. The summed E-state index contributed by atoms with van der Waals surface area (Å²) >= 11 is 0. The second kappa shape index (κ2) is 14.1. The van der Waals surface area contributed by atoms with Crippen molar-refractivity contribution in [1.82, 2.24) is 19.9 Å². The van der Waals surface area contributed by atoms with E-state index in [0.717, 1.165) is 51.5 Å². The van der Waals surface area contributed by atoms with E-state index >= 15 is 8.78 Å². The first kappa shape index (κ1) is 36.1. The van der Waals surface area contributed by atoms with E-state index in [9.17, 15) is 10.2 Å². The summed E-state index contributed by atoms with van der Waals surface area (Å²) in [6, 6.07) is 7.95. The van der Waals surface area contributed by atoms with Crippen molar-refractivity contribution >= 4 is 27.5 Å². The molecule has 0 bridgehead atoms.